The van der Waals surface area contributed by atoms with E-state index in [1.54, 1.807) is 11.3 Å². The quantitative estimate of drug-likeness (QED) is 0.760. The lowest BCUT2D eigenvalue weighted by Gasteiger charge is -2.12. The van der Waals surface area contributed by atoms with Crippen molar-refractivity contribution in [2.75, 3.05) is 6.61 Å². The summed E-state index contributed by atoms with van der Waals surface area (Å²) in [6.07, 6.45) is 4.10. The van der Waals surface area contributed by atoms with Gasteiger partial charge in [-0.2, -0.15) is 0 Å². The van der Waals surface area contributed by atoms with E-state index in [2.05, 4.69) is 10.3 Å². The maximum atomic E-state index is 9.07. The maximum Gasteiger partial charge on any atom is 0.0897 e. The summed E-state index contributed by atoms with van der Waals surface area (Å²) in [5, 5.41) is 13.5. The van der Waals surface area contributed by atoms with Gasteiger partial charge in [-0.25, -0.2) is 4.98 Å². The van der Waals surface area contributed by atoms with Gasteiger partial charge in [0.15, 0.2) is 0 Å². The molecule has 0 aliphatic heterocycles. The van der Waals surface area contributed by atoms with Crippen LogP contribution < -0.4 is 5.32 Å². The molecule has 3 nitrogen and oxygen atoms in total. The first-order valence-corrected chi connectivity index (χ1v) is 5.33. The minimum absolute atomic E-state index is 0.0396. The van der Waals surface area contributed by atoms with Crippen LogP contribution in [-0.4, -0.2) is 22.2 Å². The minimum atomic E-state index is 0.0396. The van der Waals surface area contributed by atoms with Crippen LogP contribution >= 0.6 is 11.3 Å². The van der Waals surface area contributed by atoms with Crippen LogP contribution in [0.4, 0.5) is 0 Å². The first-order valence-electron chi connectivity index (χ1n) is 4.51. The molecule has 0 radical (unpaired) electrons. The van der Waals surface area contributed by atoms with E-state index in [9.17, 15) is 0 Å². The summed E-state index contributed by atoms with van der Waals surface area (Å²) in [5.74, 6) is 0. The van der Waals surface area contributed by atoms with Crippen molar-refractivity contribution in [3.05, 3.63) is 16.1 Å². The lowest BCUT2D eigenvalue weighted by Crippen LogP contribution is -2.33. The van der Waals surface area contributed by atoms with Gasteiger partial charge in [-0.1, -0.05) is 0 Å². The Balaban J connectivity index is 1.86. The molecule has 1 heterocycles. The van der Waals surface area contributed by atoms with Gasteiger partial charge in [0.25, 0.3) is 0 Å². The Hall–Kier alpha value is -0.450. The third-order valence-electron chi connectivity index (χ3n) is 2.46. The molecule has 0 atom stereocenters. The number of aliphatic hydroxyl groups is 1. The zero-order valence-electron chi connectivity index (χ0n) is 7.71. The second-order valence-corrected chi connectivity index (χ2v) is 4.96. The molecule has 0 aromatic carbocycles. The fourth-order valence-corrected chi connectivity index (χ4v) is 2.04. The monoisotopic (exact) mass is 198 g/mol. The van der Waals surface area contributed by atoms with Crippen molar-refractivity contribution in [1.29, 1.82) is 0 Å². The Labute approximate surface area is 81.8 Å². The van der Waals surface area contributed by atoms with Crippen molar-refractivity contribution in [2.24, 2.45) is 0 Å². The highest BCUT2D eigenvalue weighted by Gasteiger charge is 2.41. The summed E-state index contributed by atoms with van der Waals surface area (Å²) >= 11 is 1.71. The Morgan fingerprint density at radius 2 is 2.46 bits per heavy atom. The van der Waals surface area contributed by atoms with Crippen molar-refractivity contribution < 1.29 is 5.11 Å². The van der Waals surface area contributed by atoms with Crippen LogP contribution in [0.1, 0.15) is 22.7 Å². The van der Waals surface area contributed by atoms with Crippen LogP contribution in [0.25, 0.3) is 0 Å². The van der Waals surface area contributed by atoms with Gasteiger partial charge in [-0.05, 0) is 19.8 Å². The summed E-state index contributed by atoms with van der Waals surface area (Å²) in [5.41, 5.74) is 0.0396. The number of hydrogen-bond donors (Lipinski definition) is 2. The molecule has 1 aliphatic carbocycles. The lowest BCUT2D eigenvalue weighted by atomic mass is 10.3. The molecular weight excluding hydrogens is 184 g/mol. The molecular formula is C9H14N2OS. The number of aryl methyl sites for hydroxylation is 1. The molecule has 0 saturated heterocycles. The number of nitrogens with one attached hydrogen (secondary N) is 1. The zero-order valence-corrected chi connectivity index (χ0v) is 8.52. The normalized spacial score (nSPS) is 18.9. The average molecular weight is 198 g/mol. The number of rotatable bonds is 4. The number of hydrogen-bond acceptors (Lipinski definition) is 4. The average Bonchev–Trinajstić information content (AvgIpc) is 2.81. The Bertz CT molecular complexity index is 294. The number of aliphatic hydroxyl groups excluding tert-OH is 1. The highest BCUT2D eigenvalue weighted by atomic mass is 32.1. The molecule has 4 heteroatoms. The van der Waals surface area contributed by atoms with Gasteiger partial charge in [0, 0.05) is 23.2 Å². The highest BCUT2D eigenvalue weighted by Crippen LogP contribution is 2.34. The van der Waals surface area contributed by atoms with Crippen molar-refractivity contribution in [1.82, 2.24) is 10.3 Å². The van der Waals surface area contributed by atoms with Gasteiger partial charge >= 0.3 is 0 Å². The van der Waals surface area contributed by atoms with Gasteiger partial charge < -0.3 is 10.4 Å². The summed E-state index contributed by atoms with van der Waals surface area (Å²) in [7, 11) is 0. The summed E-state index contributed by atoms with van der Waals surface area (Å²) in [6, 6.07) is 0. The molecule has 72 valence electrons. The number of aromatic nitrogens is 1. The van der Waals surface area contributed by atoms with Crippen LogP contribution in [0.3, 0.4) is 0 Å². The van der Waals surface area contributed by atoms with E-state index in [0.717, 1.165) is 24.4 Å². The molecule has 0 bridgehead atoms. The first-order chi connectivity index (χ1) is 6.24. The van der Waals surface area contributed by atoms with Crippen LogP contribution in [0, 0.1) is 6.92 Å². The molecule has 13 heavy (non-hydrogen) atoms. The van der Waals surface area contributed by atoms with Gasteiger partial charge in [-0.3, -0.25) is 0 Å². The van der Waals surface area contributed by atoms with Crippen molar-refractivity contribution >= 4 is 11.3 Å². The number of nitrogens with zero attached hydrogens (tertiary/aromatic N) is 1. The topological polar surface area (TPSA) is 45.2 Å². The Kier molecular flexibility index (Phi) is 2.36. The van der Waals surface area contributed by atoms with Gasteiger partial charge in [0.2, 0.25) is 0 Å². The van der Waals surface area contributed by atoms with E-state index in [4.69, 9.17) is 5.11 Å². The maximum absolute atomic E-state index is 9.07. The largest absolute Gasteiger partial charge is 0.394 e. The number of thiazole rings is 1. The third kappa shape index (κ3) is 2.07. The van der Waals surface area contributed by atoms with E-state index in [0.29, 0.717) is 0 Å². The van der Waals surface area contributed by atoms with E-state index >= 15 is 0 Å². The summed E-state index contributed by atoms with van der Waals surface area (Å²) in [6.45, 7) is 3.10. The molecule has 1 saturated carbocycles. The van der Waals surface area contributed by atoms with Crippen molar-refractivity contribution in [3.63, 3.8) is 0 Å². The minimum Gasteiger partial charge on any atom is -0.394 e. The second kappa shape index (κ2) is 3.36. The van der Waals surface area contributed by atoms with Crippen molar-refractivity contribution in [3.8, 4) is 0 Å². The second-order valence-electron chi connectivity index (χ2n) is 3.64. The van der Waals surface area contributed by atoms with E-state index in [-0.39, 0.29) is 12.1 Å². The van der Waals surface area contributed by atoms with E-state index in [1.807, 2.05) is 13.1 Å². The predicted molar refractivity (Wildman–Crippen MR) is 52.7 cm³/mol. The van der Waals surface area contributed by atoms with Crippen LogP contribution in [0.2, 0.25) is 0 Å². The summed E-state index contributed by atoms with van der Waals surface area (Å²) in [4.78, 5) is 5.43. The fourth-order valence-electron chi connectivity index (χ4n) is 1.30. The zero-order chi connectivity index (χ0) is 9.31. The molecule has 2 rings (SSSR count). The van der Waals surface area contributed by atoms with E-state index in [1.165, 1.54) is 4.88 Å². The third-order valence-corrected chi connectivity index (χ3v) is 3.38. The first kappa shape index (κ1) is 9.12. The highest BCUT2D eigenvalue weighted by molar-refractivity contribution is 7.11. The van der Waals surface area contributed by atoms with Gasteiger partial charge in [-0.15, -0.1) is 11.3 Å². The fraction of sp³-hybridized carbons (Fsp3) is 0.667. The smallest absolute Gasteiger partial charge is 0.0897 e. The van der Waals surface area contributed by atoms with Gasteiger partial charge in [0.05, 0.1) is 11.6 Å². The van der Waals surface area contributed by atoms with Crippen LogP contribution in [-0.2, 0) is 6.54 Å². The molecule has 1 fully saturated rings. The molecule has 1 aromatic heterocycles. The summed E-state index contributed by atoms with van der Waals surface area (Å²) < 4.78 is 0. The van der Waals surface area contributed by atoms with Crippen LogP contribution in [0.5, 0.6) is 0 Å². The lowest BCUT2D eigenvalue weighted by molar-refractivity contribution is 0.230. The molecule has 0 spiro atoms. The molecule has 0 unspecified atom stereocenters. The Morgan fingerprint density at radius 3 is 2.92 bits per heavy atom. The molecule has 2 N–H and O–H groups in total. The molecule has 1 aromatic rings. The van der Waals surface area contributed by atoms with E-state index < -0.39 is 0 Å². The van der Waals surface area contributed by atoms with Gasteiger partial charge in [0.1, 0.15) is 0 Å². The standard InChI is InChI=1S/C9H14N2OS/c1-7-10-4-8(13-7)5-11-9(6-12)2-3-9/h4,11-12H,2-3,5-6H2,1H3. The van der Waals surface area contributed by atoms with Crippen molar-refractivity contribution in [2.45, 2.75) is 31.8 Å². The van der Waals surface area contributed by atoms with Crippen LogP contribution in [0.15, 0.2) is 6.20 Å². The Morgan fingerprint density at radius 1 is 1.69 bits per heavy atom. The molecule has 1 aliphatic rings. The molecule has 0 amide bonds. The SMILES string of the molecule is Cc1ncc(CNC2(CO)CC2)s1. The predicted octanol–water partition coefficient (Wildman–Crippen LogP) is 1.07.